The third-order valence-corrected chi connectivity index (χ3v) is 8.33. The van der Waals surface area contributed by atoms with E-state index in [-0.39, 0.29) is 16.9 Å². The Hall–Kier alpha value is -4.21. The van der Waals surface area contributed by atoms with E-state index in [1.165, 1.54) is 5.57 Å². The fourth-order valence-electron chi connectivity index (χ4n) is 5.96. The van der Waals surface area contributed by atoms with Gasteiger partial charge in [0.25, 0.3) is 0 Å². The lowest BCUT2D eigenvalue weighted by Crippen LogP contribution is -2.39. The molecule has 1 aromatic carbocycles. The summed E-state index contributed by atoms with van der Waals surface area (Å²) in [6, 6.07) is 8.70. The zero-order chi connectivity index (χ0) is 28.1. The van der Waals surface area contributed by atoms with E-state index in [1.54, 1.807) is 6.20 Å². The van der Waals surface area contributed by atoms with Gasteiger partial charge in [-0.25, -0.2) is 4.68 Å². The molecule has 3 N–H and O–H groups in total. The average Bonchev–Trinajstić information content (AvgIpc) is 3.45. The summed E-state index contributed by atoms with van der Waals surface area (Å²) in [4.78, 5) is 4.52. The minimum atomic E-state index is -0.292. The number of fused-ring (bicyclic) bond motifs is 2. The molecule has 2 unspecified atom stereocenters. The van der Waals surface area contributed by atoms with Gasteiger partial charge in [-0.05, 0) is 30.4 Å². The number of hydrogen-bond donors (Lipinski definition) is 3. The maximum absolute atomic E-state index is 10.1. The van der Waals surface area contributed by atoms with Crippen LogP contribution < -0.4 is 16.0 Å². The Balaban J connectivity index is 1.46. The van der Waals surface area contributed by atoms with Gasteiger partial charge >= 0.3 is 0 Å². The number of hydrogen-bond acceptors (Lipinski definition) is 8. The second-order valence-electron chi connectivity index (χ2n) is 12.7. The highest BCUT2D eigenvalue weighted by molar-refractivity contribution is 5.99. The third-order valence-electron chi connectivity index (χ3n) is 8.33. The first-order valence-electron chi connectivity index (χ1n) is 14.0. The van der Waals surface area contributed by atoms with Crippen molar-refractivity contribution >= 4 is 22.3 Å². The molecule has 2 aromatic heterocycles. The molecule has 2 fully saturated rings. The number of anilines is 2. The van der Waals surface area contributed by atoms with Gasteiger partial charge in [-0.2, -0.15) is 10.5 Å². The summed E-state index contributed by atoms with van der Waals surface area (Å²) in [6.45, 7) is 11.1. The largest absolute Gasteiger partial charge is 0.383 e. The standard InChI is InChI=1S/C31H35N9/c1-30(2,3)18-36-28-21(13-33)15-35-27-20(12-32)10-22(11-24(27)28)37-29(26-17-40(39-38-26)23-7-8-23)31(4)9-5-6-19-14-34-16-25(19)31/h5-6,9-11,15,17,23,25,29,34,37H,7-8,14,16,18H2,1-4H3,(H,35,36)/t25?,29-,31?/m1/s1. The summed E-state index contributed by atoms with van der Waals surface area (Å²) in [5.41, 5.74) is 4.94. The topological polar surface area (TPSA) is 127 Å². The fraction of sp³-hybridized carbons (Fsp3) is 0.452. The molecule has 0 spiro atoms. The van der Waals surface area contributed by atoms with E-state index in [4.69, 9.17) is 0 Å². The summed E-state index contributed by atoms with van der Waals surface area (Å²) in [5.74, 6) is 0.299. The summed E-state index contributed by atoms with van der Waals surface area (Å²) >= 11 is 0. The van der Waals surface area contributed by atoms with Crippen molar-refractivity contribution in [3.05, 3.63) is 65.1 Å². The van der Waals surface area contributed by atoms with E-state index < -0.39 is 0 Å². The van der Waals surface area contributed by atoms with Crippen LogP contribution in [0.15, 0.2) is 48.3 Å². The average molecular weight is 534 g/mol. The zero-order valence-electron chi connectivity index (χ0n) is 23.5. The number of nitrogens with one attached hydrogen (secondary N) is 3. The molecule has 6 rings (SSSR count). The molecule has 9 heteroatoms. The normalized spacial score (nSPS) is 22.8. The van der Waals surface area contributed by atoms with E-state index >= 15 is 0 Å². The molecule has 204 valence electrons. The van der Waals surface area contributed by atoms with Gasteiger partial charge in [0, 0.05) is 48.2 Å². The molecule has 1 saturated carbocycles. The predicted molar refractivity (Wildman–Crippen MR) is 155 cm³/mol. The second kappa shape index (κ2) is 9.76. The number of nitrogens with zero attached hydrogens (tertiary/aromatic N) is 6. The van der Waals surface area contributed by atoms with Crippen LogP contribution in [0.2, 0.25) is 0 Å². The highest BCUT2D eigenvalue weighted by Crippen LogP contribution is 2.49. The van der Waals surface area contributed by atoms with Crippen LogP contribution in [-0.2, 0) is 0 Å². The molecule has 9 nitrogen and oxygen atoms in total. The van der Waals surface area contributed by atoms with Gasteiger partial charge in [0.15, 0.2) is 0 Å². The second-order valence-corrected chi connectivity index (χ2v) is 12.7. The molecule has 2 aliphatic carbocycles. The van der Waals surface area contributed by atoms with Crippen LogP contribution in [0.5, 0.6) is 0 Å². The number of rotatable bonds is 7. The van der Waals surface area contributed by atoms with Gasteiger partial charge in [0.1, 0.15) is 17.8 Å². The molecular weight excluding hydrogens is 498 g/mol. The molecule has 3 aromatic rings. The highest BCUT2D eigenvalue weighted by Gasteiger charge is 2.46. The Morgan fingerprint density at radius 2 is 2.00 bits per heavy atom. The van der Waals surface area contributed by atoms with E-state index in [0.717, 1.165) is 42.7 Å². The molecule has 1 aliphatic heterocycles. The number of pyridine rings is 1. The van der Waals surface area contributed by atoms with Crippen molar-refractivity contribution in [2.24, 2.45) is 16.7 Å². The molecule has 40 heavy (non-hydrogen) atoms. The Morgan fingerprint density at radius 3 is 2.73 bits per heavy atom. The van der Waals surface area contributed by atoms with Gasteiger partial charge in [-0.3, -0.25) is 4.98 Å². The lowest BCUT2D eigenvalue weighted by Gasteiger charge is -2.42. The van der Waals surface area contributed by atoms with E-state index in [9.17, 15) is 10.5 Å². The summed E-state index contributed by atoms with van der Waals surface area (Å²) < 4.78 is 1.99. The summed E-state index contributed by atoms with van der Waals surface area (Å²) in [7, 11) is 0. The summed E-state index contributed by atoms with van der Waals surface area (Å²) in [6.07, 6.45) is 12.5. The SMILES string of the molecule is CC(C)(C)CNc1c(C#N)cnc2c(C#N)cc(N[C@H](c3cn(C4CC4)nn3)C3(C)C=CC=C4CNCC43)cc12. The molecule has 3 heterocycles. The van der Waals surface area contributed by atoms with Crippen molar-refractivity contribution in [1.29, 1.82) is 10.5 Å². The summed E-state index contributed by atoms with van der Waals surface area (Å²) in [5, 5.41) is 40.7. The van der Waals surface area contributed by atoms with Crippen molar-refractivity contribution in [1.82, 2.24) is 25.3 Å². The smallest absolute Gasteiger partial charge is 0.106 e. The van der Waals surface area contributed by atoms with E-state index in [0.29, 0.717) is 40.8 Å². The highest BCUT2D eigenvalue weighted by atomic mass is 15.4. The lowest BCUT2D eigenvalue weighted by molar-refractivity contribution is 0.259. The number of aromatic nitrogens is 4. The van der Waals surface area contributed by atoms with Crippen LogP contribution in [-0.4, -0.2) is 39.6 Å². The quantitative estimate of drug-likeness (QED) is 0.376. The van der Waals surface area contributed by atoms with Gasteiger partial charge in [-0.1, -0.05) is 56.7 Å². The Kier molecular flexibility index (Phi) is 6.35. The van der Waals surface area contributed by atoms with Crippen molar-refractivity contribution < 1.29 is 0 Å². The molecule has 1 saturated heterocycles. The van der Waals surface area contributed by atoms with Crippen LogP contribution >= 0.6 is 0 Å². The Morgan fingerprint density at radius 1 is 1.20 bits per heavy atom. The molecule has 0 amide bonds. The van der Waals surface area contributed by atoms with Crippen LogP contribution in [0.4, 0.5) is 11.4 Å². The first kappa shape index (κ1) is 26.0. The maximum atomic E-state index is 10.1. The molecule has 0 radical (unpaired) electrons. The lowest BCUT2D eigenvalue weighted by atomic mass is 9.66. The predicted octanol–water partition coefficient (Wildman–Crippen LogP) is 5.24. The van der Waals surface area contributed by atoms with Crippen LogP contribution in [0.25, 0.3) is 10.9 Å². The van der Waals surface area contributed by atoms with Gasteiger partial charge in [0.05, 0.1) is 40.6 Å². The minimum Gasteiger partial charge on any atom is -0.383 e. The molecule has 0 bridgehead atoms. The molecule has 3 aliphatic rings. The monoisotopic (exact) mass is 533 g/mol. The van der Waals surface area contributed by atoms with Crippen LogP contribution in [0.3, 0.4) is 0 Å². The number of nitriles is 2. The maximum Gasteiger partial charge on any atom is 0.106 e. The number of benzene rings is 1. The van der Waals surface area contributed by atoms with Gasteiger partial charge < -0.3 is 16.0 Å². The van der Waals surface area contributed by atoms with Gasteiger partial charge in [0.2, 0.25) is 0 Å². The minimum absolute atomic E-state index is 0.00281. The van der Waals surface area contributed by atoms with E-state index in [2.05, 4.69) is 95.5 Å². The van der Waals surface area contributed by atoms with E-state index in [1.807, 2.05) is 16.8 Å². The fourth-order valence-corrected chi connectivity index (χ4v) is 5.96. The van der Waals surface area contributed by atoms with Crippen molar-refractivity contribution in [2.75, 3.05) is 30.3 Å². The van der Waals surface area contributed by atoms with Crippen molar-refractivity contribution in [3.8, 4) is 12.1 Å². The molecular formula is C31H35N9. The van der Waals surface area contributed by atoms with Crippen LogP contribution in [0.1, 0.15) is 69.4 Å². The Bertz CT molecular complexity index is 1610. The number of allylic oxidation sites excluding steroid dienone is 2. The zero-order valence-corrected chi connectivity index (χ0v) is 23.5. The van der Waals surface area contributed by atoms with Gasteiger partial charge in [-0.15, -0.1) is 5.10 Å². The third kappa shape index (κ3) is 4.71. The Labute approximate surface area is 235 Å². The van der Waals surface area contributed by atoms with Crippen molar-refractivity contribution in [2.45, 2.75) is 52.6 Å². The molecule has 3 atom stereocenters. The van der Waals surface area contributed by atoms with Crippen molar-refractivity contribution in [3.63, 3.8) is 0 Å². The van der Waals surface area contributed by atoms with Crippen LogP contribution in [0, 0.1) is 39.4 Å². The first-order valence-corrected chi connectivity index (χ1v) is 14.0. The first-order chi connectivity index (χ1) is 19.2.